The van der Waals surface area contributed by atoms with E-state index >= 15 is 0 Å². The summed E-state index contributed by atoms with van der Waals surface area (Å²) in [5.41, 5.74) is 2.54. The summed E-state index contributed by atoms with van der Waals surface area (Å²) in [5, 5.41) is 4.04. The van der Waals surface area contributed by atoms with Crippen LogP contribution in [0.25, 0.3) is 10.2 Å². The lowest BCUT2D eigenvalue weighted by atomic mass is 9.92. The van der Waals surface area contributed by atoms with Crippen molar-refractivity contribution in [3.63, 3.8) is 0 Å². The number of nitrogens with zero attached hydrogens (tertiary/aromatic N) is 3. The molecule has 130 valence electrons. The first-order valence-corrected chi connectivity index (χ1v) is 9.82. The van der Waals surface area contributed by atoms with E-state index in [2.05, 4.69) is 23.3 Å². The van der Waals surface area contributed by atoms with Gasteiger partial charge in [-0.1, -0.05) is 11.3 Å². The van der Waals surface area contributed by atoms with E-state index in [-0.39, 0.29) is 18.1 Å². The van der Waals surface area contributed by atoms with E-state index in [9.17, 15) is 4.79 Å². The Morgan fingerprint density at radius 1 is 1.40 bits per heavy atom. The maximum absolute atomic E-state index is 12.7. The van der Waals surface area contributed by atoms with E-state index in [4.69, 9.17) is 9.72 Å². The third-order valence-corrected chi connectivity index (χ3v) is 7.47. The Balaban J connectivity index is 1.40. The number of rotatable bonds is 1. The minimum atomic E-state index is 0.00746. The van der Waals surface area contributed by atoms with Gasteiger partial charge in [-0.3, -0.25) is 9.80 Å². The van der Waals surface area contributed by atoms with Crippen molar-refractivity contribution in [3.05, 3.63) is 17.7 Å². The van der Waals surface area contributed by atoms with E-state index in [0.717, 1.165) is 47.1 Å². The van der Waals surface area contributed by atoms with Gasteiger partial charge in [0.05, 0.1) is 28.9 Å². The number of hydrogen-bond donors (Lipinski definition) is 1. The normalized spacial score (nSPS) is 29.6. The minimum absolute atomic E-state index is 0.00746. The standard InChI is InChI=1S/C18H20N4O2S/c1-21-9-12-11(8-18(21)5-6-18)19-16(23)22(12)17-20-15-10-4-7-24-13(10)2-3-14(15)25-17/h2-3,11-12H,4-9H2,1H3,(H,19,23)/t11-,12+/m0/s1. The number of carbonyl (C=O) groups excluding carboxylic acids is 1. The molecule has 0 unspecified atom stereocenters. The van der Waals surface area contributed by atoms with Crippen molar-refractivity contribution >= 4 is 32.7 Å². The molecule has 2 amide bonds. The zero-order chi connectivity index (χ0) is 16.8. The molecule has 6 rings (SSSR count). The number of benzene rings is 1. The molecule has 3 fully saturated rings. The Hall–Kier alpha value is -1.86. The quantitative estimate of drug-likeness (QED) is 0.852. The average molecular weight is 356 g/mol. The topological polar surface area (TPSA) is 57.7 Å². The summed E-state index contributed by atoms with van der Waals surface area (Å²) in [4.78, 5) is 22.0. The van der Waals surface area contributed by atoms with Crippen LogP contribution in [-0.2, 0) is 6.42 Å². The molecule has 0 bridgehead atoms. The van der Waals surface area contributed by atoms with Crippen molar-refractivity contribution in [2.24, 2.45) is 0 Å². The summed E-state index contributed by atoms with van der Waals surface area (Å²) in [5.74, 6) is 0.946. The highest BCUT2D eigenvalue weighted by molar-refractivity contribution is 7.22. The molecule has 0 radical (unpaired) electrons. The maximum atomic E-state index is 12.7. The van der Waals surface area contributed by atoms with E-state index in [1.807, 2.05) is 11.0 Å². The molecule has 4 heterocycles. The minimum Gasteiger partial charge on any atom is -0.493 e. The number of amides is 2. The summed E-state index contributed by atoms with van der Waals surface area (Å²) in [7, 11) is 2.20. The number of thiazole rings is 1. The van der Waals surface area contributed by atoms with Gasteiger partial charge in [0.2, 0.25) is 0 Å². The number of anilines is 1. The van der Waals surface area contributed by atoms with Crippen LogP contribution >= 0.6 is 11.3 Å². The lowest BCUT2D eigenvalue weighted by molar-refractivity contribution is 0.136. The largest absolute Gasteiger partial charge is 0.493 e. The van der Waals surface area contributed by atoms with Crippen LogP contribution in [0.2, 0.25) is 0 Å². The first-order chi connectivity index (χ1) is 12.1. The van der Waals surface area contributed by atoms with Gasteiger partial charge in [-0.25, -0.2) is 9.78 Å². The summed E-state index contributed by atoms with van der Waals surface area (Å²) in [6, 6.07) is 4.53. The van der Waals surface area contributed by atoms with Gasteiger partial charge < -0.3 is 10.1 Å². The highest BCUT2D eigenvalue weighted by atomic mass is 32.1. The van der Waals surface area contributed by atoms with Crippen LogP contribution < -0.4 is 15.0 Å². The molecule has 1 aromatic heterocycles. The van der Waals surface area contributed by atoms with Crippen molar-refractivity contribution in [1.82, 2.24) is 15.2 Å². The second kappa shape index (κ2) is 4.65. The molecule has 2 atom stereocenters. The number of piperidine rings is 1. The predicted molar refractivity (Wildman–Crippen MR) is 96.6 cm³/mol. The Kier molecular flexibility index (Phi) is 2.66. The second-order valence-electron chi connectivity index (χ2n) is 7.79. The fourth-order valence-electron chi connectivity index (χ4n) is 4.81. The zero-order valence-electron chi connectivity index (χ0n) is 14.1. The van der Waals surface area contributed by atoms with Gasteiger partial charge in [0.1, 0.15) is 5.75 Å². The highest BCUT2D eigenvalue weighted by Gasteiger charge is 2.57. The third-order valence-electron chi connectivity index (χ3n) is 6.45. The van der Waals surface area contributed by atoms with Crippen LogP contribution in [0.5, 0.6) is 5.75 Å². The molecule has 1 saturated carbocycles. The molecule has 1 spiro atoms. The van der Waals surface area contributed by atoms with Crippen LogP contribution in [0.4, 0.5) is 9.93 Å². The molecule has 2 aromatic rings. The van der Waals surface area contributed by atoms with Gasteiger partial charge in [-0.2, -0.15) is 0 Å². The summed E-state index contributed by atoms with van der Waals surface area (Å²) in [6.45, 7) is 1.64. The SMILES string of the molecule is CN1C[C@@H]2[C@H](CC13CC3)NC(=O)N2c1nc2c3c(ccc2s1)OCC3. The molecular formula is C18H20N4O2S. The van der Waals surface area contributed by atoms with Crippen molar-refractivity contribution in [3.8, 4) is 5.75 Å². The third kappa shape index (κ3) is 1.88. The molecule has 1 aromatic carbocycles. The molecule has 4 aliphatic rings. The number of fused-ring (bicyclic) bond motifs is 4. The fraction of sp³-hybridized carbons (Fsp3) is 0.556. The number of ether oxygens (including phenoxy) is 1. The number of likely N-dealkylation sites (N-methyl/N-ethyl adjacent to an activating group) is 1. The van der Waals surface area contributed by atoms with Gasteiger partial charge in [-0.05, 0) is 38.4 Å². The first kappa shape index (κ1) is 14.3. The lowest BCUT2D eigenvalue weighted by Crippen LogP contribution is -2.56. The molecular weight excluding hydrogens is 336 g/mol. The van der Waals surface area contributed by atoms with Crippen molar-refractivity contribution in [2.75, 3.05) is 25.1 Å². The fourth-order valence-corrected chi connectivity index (χ4v) is 5.86. The molecule has 3 aliphatic heterocycles. The summed E-state index contributed by atoms with van der Waals surface area (Å²) in [6.07, 6.45) is 4.48. The predicted octanol–water partition coefficient (Wildman–Crippen LogP) is 2.37. The van der Waals surface area contributed by atoms with Crippen LogP contribution in [0.1, 0.15) is 24.8 Å². The van der Waals surface area contributed by atoms with Crippen LogP contribution in [-0.4, -0.2) is 53.7 Å². The van der Waals surface area contributed by atoms with E-state index in [1.165, 1.54) is 18.4 Å². The molecule has 1 aliphatic carbocycles. The van der Waals surface area contributed by atoms with Crippen LogP contribution in [0, 0.1) is 0 Å². The van der Waals surface area contributed by atoms with Crippen LogP contribution in [0.3, 0.4) is 0 Å². The molecule has 25 heavy (non-hydrogen) atoms. The Labute approximate surface area is 149 Å². The molecule has 7 heteroatoms. The summed E-state index contributed by atoms with van der Waals surface area (Å²) >= 11 is 1.62. The van der Waals surface area contributed by atoms with Gasteiger partial charge in [0.25, 0.3) is 0 Å². The second-order valence-corrected chi connectivity index (χ2v) is 8.80. The van der Waals surface area contributed by atoms with Crippen molar-refractivity contribution in [2.45, 2.75) is 43.3 Å². The van der Waals surface area contributed by atoms with Gasteiger partial charge in [-0.15, -0.1) is 0 Å². The van der Waals surface area contributed by atoms with Gasteiger partial charge >= 0.3 is 6.03 Å². The number of urea groups is 1. The molecule has 6 nitrogen and oxygen atoms in total. The highest BCUT2D eigenvalue weighted by Crippen LogP contribution is 2.49. The number of hydrogen-bond acceptors (Lipinski definition) is 5. The van der Waals surface area contributed by atoms with E-state index in [1.54, 1.807) is 11.3 Å². The smallest absolute Gasteiger partial charge is 0.324 e. The number of carbonyl (C=O) groups is 1. The Bertz CT molecular complexity index is 906. The van der Waals surface area contributed by atoms with Gasteiger partial charge in [0.15, 0.2) is 5.13 Å². The molecule has 1 N–H and O–H groups in total. The average Bonchev–Trinajstić information content (AvgIpc) is 2.95. The zero-order valence-corrected chi connectivity index (χ0v) is 14.9. The molecule has 2 saturated heterocycles. The number of aromatic nitrogens is 1. The van der Waals surface area contributed by atoms with E-state index < -0.39 is 0 Å². The Morgan fingerprint density at radius 3 is 3.12 bits per heavy atom. The number of likely N-dealkylation sites (tertiary alicyclic amines) is 1. The maximum Gasteiger partial charge on any atom is 0.324 e. The lowest BCUT2D eigenvalue weighted by Gasteiger charge is -2.41. The van der Waals surface area contributed by atoms with E-state index in [0.29, 0.717) is 5.54 Å². The number of nitrogens with one attached hydrogen (secondary N) is 1. The van der Waals surface area contributed by atoms with Crippen LogP contribution in [0.15, 0.2) is 12.1 Å². The monoisotopic (exact) mass is 356 g/mol. The Morgan fingerprint density at radius 2 is 2.28 bits per heavy atom. The first-order valence-electron chi connectivity index (χ1n) is 9.01. The summed E-state index contributed by atoms with van der Waals surface area (Å²) < 4.78 is 6.79. The van der Waals surface area contributed by atoms with Gasteiger partial charge in [0, 0.05) is 24.1 Å². The van der Waals surface area contributed by atoms with Crippen molar-refractivity contribution < 1.29 is 9.53 Å². The van der Waals surface area contributed by atoms with Crippen molar-refractivity contribution in [1.29, 1.82) is 0 Å².